The zero-order valence-corrected chi connectivity index (χ0v) is 9.65. The molecule has 0 aliphatic heterocycles. The number of carbonyl (C=O) groups is 1. The van der Waals surface area contributed by atoms with Crippen molar-refractivity contribution in [1.29, 1.82) is 0 Å². The first-order valence-electron chi connectivity index (χ1n) is 4.49. The van der Waals surface area contributed by atoms with Gasteiger partial charge in [-0.2, -0.15) is 4.39 Å². The molecular formula is C9H13FN2O2S. The van der Waals surface area contributed by atoms with Gasteiger partial charge in [0, 0.05) is 0 Å². The number of aromatic nitrogens is 1. The zero-order valence-electron chi connectivity index (χ0n) is 8.83. The molecule has 6 heteroatoms. The lowest BCUT2D eigenvalue weighted by Gasteiger charge is -2.19. The molecule has 0 atom stereocenters. The quantitative estimate of drug-likeness (QED) is 0.806. The van der Waals surface area contributed by atoms with Crippen molar-refractivity contribution in [3.63, 3.8) is 0 Å². The standard InChI is InChI=1S/C9H13FN2O2S/c1-4-14-7(13)9(2,3)5-6(10)15-8(11)12-5/h4H2,1-3H3,(H2,11,12). The van der Waals surface area contributed by atoms with Gasteiger partial charge < -0.3 is 10.5 Å². The van der Waals surface area contributed by atoms with Gasteiger partial charge in [-0.05, 0) is 20.8 Å². The number of hydrogen-bond acceptors (Lipinski definition) is 5. The Labute approximate surface area is 91.3 Å². The number of nitrogen functional groups attached to an aromatic ring is 1. The van der Waals surface area contributed by atoms with Crippen LogP contribution in [0.3, 0.4) is 0 Å². The van der Waals surface area contributed by atoms with Gasteiger partial charge in [0.25, 0.3) is 0 Å². The first-order valence-corrected chi connectivity index (χ1v) is 5.30. The van der Waals surface area contributed by atoms with Gasteiger partial charge in [0.1, 0.15) is 11.1 Å². The lowest BCUT2D eigenvalue weighted by molar-refractivity contribution is -0.149. The third-order valence-corrected chi connectivity index (χ3v) is 2.65. The Morgan fingerprint density at radius 3 is 2.67 bits per heavy atom. The average molecular weight is 232 g/mol. The largest absolute Gasteiger partial charge is 0.465 e. The minimum Gasteiger partial charge on any atom is -0.465 e. The third-order valence-electron chi connectivity index (χ3n) is 1.98. The molecule has 0 aliphatic rings. The number of hydrogen-bond donors (Lipinski definition) is 1. The van der Waals surface area contributed by atoms with E-state index in [2.05, 4.69) is 4.98 Å². The second-order valence-corrected chi connectivity index (χ2v) is 4.50. The number of nitrogens with two attached hydrogens (primary N) is 1. The van der Waals surface area contributed by atoms with Crippen LogP contribution >= 0.6 is 11.3 Å². The molecule has 2 N–H and O–H groups in total. The first kappa shape index (κ1) is 11.9. The number of ether oxygens (including phenoxy) is 1. The van der Waals surface area contributed by atoms with Crippen molar-refractivity contribution in [2.75, 3.05) is 12.3 Å². The molecule has 0 saturated heterocycles. The number of thiazole rings is 1. The zero-order chi connectivity index (χ0) is 11.6. The van der Waals surface area contributed by atoms with Crippen LogP contribution < -0.4 is 5.73 Å². The molecule has 0 fully saturated rings. The Balaban J connectivity index is 3.04. The van der Waals surface area contributed by atoms with Gasteiger partial charge in [-0.15, -0.1) is 0 Å². The van der Waals surface area contributed by atoms with Crippen molar-refractivity contribution in [3.05, 3.63) is 10.8 Å². The van der Waals surface area contributed by atoms with Gasteiger partial charge >= 0.3 is 5.97 Å². The monoisotopic (exact) mass is 232 g/mol. The van der Waals surface area contributed by atoms with E-state index in [-0.39, 0.29) is 17.4 Å². The predicted molar refractivity (Wildman–Crippen MR) is 56.1 cm³/mol. The summed E-state index contributed by atoms with van der Waals surface area (Å²) in [5.41, 5.74) is 4.31. The van der Waals surface area contributed by atoms with Crippen molar-refractivity contribution in [2.24, 2.45) is 0 Å². The van der Waals surface area contributed by atoms with E-state index in [1.54, 1.807) is 20.8 Å². The average Bonchev–Trinajstić information content (AvgIpc) is 2.46. The van der Waals surface area contributed by atoms with E-state index in [9.17, 15) is 9.18 Å². The summed E-state index contributed by atoms with van der Waals surface area (Å²) < 4.78 is 18.2. The predicted octanol–water partition coefficient (Wildman–Crippen LogP) is 1.71. The summed E-state index contributed by atoms with van der Waals surface area (Å²) in [5, 5.41) is -0.426. The van der Waals surface area contributed by atoms with Gasteiger partial charge in [0.2, 0.25) is 5.13 Å². The Morgan fingerprint density at radius 1 is 1.67 bits per heavy atom. The van der Waals surface area contributed by atoms with Crippen LogP contribution in [-0.2, 0) is 14.9 Å². The van der Waals surface area contributed by atoms with Crippen LogP contribution in [0.1, 0.15) is 26.5 Å². The summed E-state index contributed by atoms with van der Waals surface area (Å²) >= 11 is 0.724. The topological polar surface area (TPSA) is 65.2 Å². The Kier molecular flexibility index (Phi) is 3.28. The van der Waals surface area contributed by atoms with E-state index in [1.165, 1.54) is 0 Å². The molecule has 4 nitrogen and oxygen atoms in total. The second kappa shape index (κ2) is 4.14. The van der Waals surface area contributed by atoms with Crippen molar-refractivity contribution in [3.8, 4) is 0 Å². The number of rotatable bonds is 3. The summed E-state index contributed by atoms with van der Waals surface area (Å²) in [6.07, 6.45) is 0. The summed E-state index contributed by atoms with van der Waals surface area (Å²) in [7, 11) is 0. The minimum absolute atomic E-state index is 0.0449. The number of carbonyl (C=O) groups excluding carboxylic acids is 1. The van der Waals surface area contributed by atoms with Crippen LogP contribution in [0.2, 0.25) is 0 Å². The number of anilines is 1. The molecule has 0 bridgehead atoms. The highest BCUT2D eigenvalue weighted by Gasteiger charge is 2.37. The van der Waals surface area contributed by atoms with Crippen molar-refractivity contribution in [2.45, 2.75) is 26.2 Å². The van der Waals surface area contributed by atoms with Crippen LogP contribution in [0.5, 0.6) is 0 Å². The third kappa shape index (κ3) is 2.26. The molecule has 1 rings (SSSR count). The fourth-order valence-corrected chi connectivity index (χ4v) is 1.83. The molecule has 84 valence electrons. The van der Waals surface area contributed by atoms with E-state index in [1.807, 2.05) is 0 Å². The maximum atomic E-state index is 13.4. The van der Waals surface area contributed by atoms with Crippen molar-refractivity contribution >= 4 is 22.4 Å². The van der Waals surface area contributed by atoms with Crippen LogP contribution in [0.4, 0.5) is 9.52 Å². The van der Waals surface area contributed by atoms with Crippen LogP contribution in [0, 0.1) is 5.13 Å². The van der Waals surface area contributed by atoms with Crippen LogP contribution in [0.25, 0.3) is 0 Å². The Morgan fingerprint density at radius 2 is 2.27 bits per heavy atom. The van der Waals surface area contributed by atoms with Gasteiger partial charge in [-0.25, -0.2) is 4.98 Å². The Bertz CT molecular complexity index is 376. The van der Waals surface area contributed by atoms with Crippen molar-refractivity contribution < 1.29 is 13.9 Å². The fourth-order valence-electron chi connectivity index (χ4n) is 1.11. The lowest BCUT2D eigenvalue weighted by atomic mass is 9.90. The highest BCUT2D eigenvalue weighted by Crippen LogP contribution is 2.30. The number of halogens is 1. The molecule has 0 saturated carbocycles. The maximum absolute atomic E-state index is 13.4. The van der Waals surface area contributed by atoms with Crippen LogP contribution in [0.15, 0.2) is 0 Å². The molecule has 0 aliphatic carbocycles. The summed E-state index contributed by atoms with van der Waals surface area (Å²) in [4.78, 5) is 15.4. The second-order valence-electron chi connectivity index (χ2n) is 3.52. The van der Waals surface area contributed by atoms with E-state index >= 15 is 0 Å². The molecule has 1 aromatic heterocycles. The normalized spacial score (nSPS) is 11.5. The molecule has 0 radical (unpaired) electrons. The smallest absolute Gasteiger partial charge is 0.317 e. The summed E-state index contributed by atoms with van der Waals surface area (Å²) in [6, 6.07) is 0. The molecule has 0 spiro atoms. The number of esters is 1. The molecule has 0 amide bonds. The first-order chi connectivity index (χ1) is 6.89. The SMILES string of the molecule is CCOC(=O)C(C)(C)c1nc(N)sc1F. The van der Waals surface area contributed by atoms with Crippen LogP contribution in [-0.4, -0.2) is 17.6 Å². The van der Waals surface area contributed by atoms with Gasteiger partial charge in [0.15, 0.2) is 5.13 Å². The van der Waals surface area contributed by atoms with Gasteiger partial charge in [-0.3, -0.25) is 4.79 Å². The van der Waals surface area contributed by atoms with E-state index < -0.39 is 16.5 Å². The summed E-state index contributed by atoms with van der Waals surface area (Å²) in [6.45, 7) is 5.06. The molecule has 15 heavy (non-hydrogen) atoms. The van der Waals surface area contributed by atoms with Gasteiger partial charge in [0.05, 0.1) is 6.61 Å². The number of nitrogens with zero attached hydrogens (tertiary/aromatic N) is 1. The molecular weight excluding hydrogens is 219 g/mol. The highest BCUT2D eigenvalue weighted by atomic mass is 32.1. The Hall–Kier alpha value is -1.17. The van der Waals surface area contributed by atoms with Gasteiger partial charge in [-0.1, -0.05) is 11.3 Å². The molecule has 1 aromatic rings. The van der Waals surface area contributed by atoms with E-state index in [0.29, 0.717) is 0 Å². The summed E-state index contributed by atoms with van der Waals surface area (Å²) in [5.74, 6) is -0.505. The van der Waals surface area contributed by atoms with E-state index in [4.69, 9.17) is 10.5 Å². The minimum atomic E-state index is -1.10. The maximum Gasteiger partial charge on any atom is 0.317 e. The molecule has 0 aromatic carbocycles. The lowest BCUT2D eigenvalue weighted by Crippen LogP contribution is -2.32. The fraction of sp³-hybridized carbons (Fsp3) is 0.556. The van der Waals surface area contributed by atoms with E-state index in [0.717, 1.165) is 11.3 Å². The highest BCUT2D eigenvalue weighted by molar-refractivity contribution is 7.13. The molecule has 1 heterocycles. The molecule has 0 unspecified atom stereocenters. The van der Waals surface area contributed by atoms with Crippen molar-refractivity contribution in [1.82, 2.24) is 4.98 Å².